The highest BCUT2D eigenvalue weighted by molar-refractivity contribution is 5.99. The Morgan fingerprint density at radius 2 is 2.04 bits per heavy atom. The molecule has 0 bridgehead atoms. The fourth-order valence-corrected chi connectivity index (χ4v) is 4.45. The van der Waals surface area contributed by atoms with E-state index in [1.807, 2.05) is 10.7 Å². The molecule has 140 valence electrons. The van der Waals surface area contributed by atoms with Crippen LogP contribution >= 0.6 is 0 Å². The second-order valence-electron chi connectivity index (χ2n) is 7.61. The second kappa shape index (κ2) is 7.32. The Morgan fingerprint density at radius 1 is 1.23 bits per heavy atom. The zero-order valence-electron chi connectivity index (χ0n) is 15.7. The van der Waals surface area contributed by atoms with Gasteiger partial charge in [-0.2, -0.15) is 5.10 Å². The fourth-order valence-electron chi connectivity index (χ4n) is 4.45. The van der Waals surface area contributed by atoms with Gasteiger partial charge >= 0.3 is 0 Å². The van der Waals surface area contributed by atoms with Gasteiger partial charge in [-0.15, -0.1) is 0 Å². The van der Waals surface area contributed by atoms with Crippen LogP contribution in [0.4, 0.5) is 0 Å². The van der Waals surface area contributed by atoms with Gasteiger partial charge in [-0.1, -0.05) is 0 Å². The number of likely N-dealkylation sites (tertiary alicyclic amines) is 2. The molecule has 2 fully saturated rings. The maximum absolute atomic E-state index is 12.0. The minimum absolute atomic E-state index is 0.138. The first-order valence-electron chi connectivity index (χ1n) is 9.64. The first-order valence-corrected chi connectivity index (χ1v) is 9.64. The molecule has 0 spiro atoms. The SMILES string of the molecule is CNC(=O)c1cnn2c(C3CCCN(C4CCN(C)CC4)C3)ccnc12. The Balaban J connectivity index is 1.57. The molecule has 0 saturated carbocycles. The number of rotatable bonds is 3. The van der Waals surface area contributed by atoms with Gasteiger partial charge in [0.25, 0.3) is 5.91 Å². The average Bonchev–Trinajstić information content (AvgIpc) is 3.12. The summed E-state index contributed by atoms with van der Waals surface area (Å²) in [6.45, 7) is 4.66. The number of hydrogen-bond donors (Lipinski definition) is 1. The second-order valence-corrected chi connectivity index (χ2v) is 7.61. The van der Waals surface area contributed by atoms with Crippen LogP contribution in [0.3, 0.4) is 0 Å². The molecular weight excluding hydrogens is 328 g/mol. The van der Waals surface area contributed by atoms with Crippen LogP contribution in [0.1, 0.15) is 47.7 Å². The van der Waals surface area contributed by atoms with Crippen molar-refractivity contribution in [1.82, 2.24) is 29.7 Å². The van der Waals surface area contributed by atoms with E-state index in [0.29, 0.717) is 23.2 Å². The molecule has 2 saturated heterocycles. The molecule has 0 aliphatic carbocycles. The van der Waals surface area contributed by atoms with Crippen molar-refractivity contribution in [3.8, 4) is 0 Å². The summed E-state index contributed by atoms with van der Waals surface area (Å²) in [5.74, 6) is 0.299. The van der Waals surface area contributed by atoms with Crippen LogP contribution in [0, 0.1) is 0 Å². The predicted molar refractivity (Wildman–Crippen MR) is 100 cm³/mol. The van der Waals surface area contributed by atoms with Gasteiger partial charge in [-0.05, 0) is 58.4 Å². The van der Waals surface area contributed by atoms with Crippen LogP contribution in [0.15, 0.2) is 18.5 Å². The van der Waals surface area contributed by atoms with Crippen LogP contribution in [0.5, 0.6) is 0 Å². The van der Waals surface area contributed by atoms with Gasteiger partial charge in [-0.25, -0.2) is 9.50 Å². The van der Waals surface area contributed by atoms with Crippen molar-refractivity contribution in [1.29, 1.82) is 0 Å². The molecule has 4 heterocycles. The van der Waals surface area contributed by atoms with Crippen molar-refractivity contribution in [3.63, 3.8) is 0 Å². The number of nitrogens with one attached hydrogen (secondary N) is 1. The van der Waals surface area contributed by atoms with Gasteiger partial charge in [0.15, 0.2) is 5.65 Å². The fraction of sp³-hybridized carbons (Fsp3) is 0.632. The third-order valence-corrected chi connectivity index (χ3v) is 5.98. The number of aromatic nitrogens is 3. The van der Waals surface area contributed by atoms with Gasteiger partial charge in [0.1, 0.15) is 5.56 Å². The lowest BCUT2D eigenvalue weighted by molar-refractivity contribution is 0.0930. The van der Waals surface area contributed by atoms with Crippen LogP contribution in [0.2, 0.25) is 0 Å². The molecule has 1 atom stereocenters. The molecule has 2 aliphatic heterocycles. The highest BCUT2D eigenvalue weighted by Gasteiger charge is 2.30. The Hall–Kier alpha value is -1.99. The number of nitrogens with zero attached hydrogens (tertiary/aromatic N) is 5. The molecule has 0 aromatic carbocycles. The van der Waals surface area contributed by atoms with Crippen molar-refractivity contribution in [2.45, 2.75) is 37.6 Å². The maximum atomic E-state index is 12.0. The molecule has 4 rings (SSSR count). The normalized spacial score (nSPS) is 23.4. The van der Waals surface area contributed by atoms with Crippen LogP contribution in [-0.2, 0) is 0 Å². The molecule has 7 nitrogen and oxygen atoms in total. The molecule has 1 amide bonds. The largest absolute Gasteiger partial charge is 0.355 e. The molecule has 7 heteroatoms. The highest BCUT2D eigenvalue weighted by atomic mass is 16.1. The van der Waals surface area contributed by atoms with Gasteiger partial charge in [0, 0.05) is 31.7 Å². The zero-order valence-corrected chi connectivity index (χ0v) is 15.7. The lowest BCUT2D eigenvalue weighted by Crippen LogP contribution is -2.47. The Morgan fingerprint density at radius 3 is 2.81 bits per heavy atom. The number of carbonyl (C=O) groups is 1. The Labute approximate surface area is 154 Å². The minimum atomic E-state index is -0.138. The van der Waals surface area contributed by atoms with E-state index in [1.54, 1.807) is 13.2 Å². The van der Waals surface area contributed by atoms with E-state index in [4.69, 9.17) is 0 Å². The summed E-state index contributed by atoms with van der Waals surface area (Å²) < 4.78 is 1.87. The van der Waals surface area contributed by atoms with E-state index in [2.05, 4.69) is 38.3 Å². The van der Waals surface area contributed by atoms with Crippen molar-refractivity contribution < 1.29 is 4.79 Å². The van der Waals surface area contributed by atoms with Gasteiger partial charge in [-0.3, -0.25) is 9.69 Å². The van der Waals surface area contributed by atoms with Crippen LogP contribution in [-0.4, -0.2) is 76.6 Å². The summed E-state index contributed by atoms with van der Waals surface area (Å²) in [5, 5.41) is 7.15. The van der Waals surface area contributed by atoms with Crippen molar-refractivity contribution in [2.24, 2.45) is 0 Å². The maximum Gasteiger partial charge on any atom is 0.256 e. The van der Waals surface area contributed by atoms with Crippen molar-refractivity contribution >= 4 is 11.6 Å². The zero-order chi connectivity index (χ0) is 18.1. The molecule has 2 aliphatic rings. The van der Waals surface area contributed by atoms with E-state index in [-0.39, 0.29) is 5.91 Å². The minimum Gasteiger partial charge on any atom is -0.355 e. The summed E-state index contributed by atoms with van der Waals surface area (Å²) in [4.78, 5) is 21.6. The number of fused-ring (bicyclic) bond motifs is 1. The molecule has 2 aromatic heterocycles. The van der Waals surface area contributed by atoms with Crippen molar-refractivity contribution in [2.75, 3.05) is 40.3 Å². The summed E-state index contributed by atoms with van der Waals surface area (Å²) in [7, 11) is 3.85. The average molecular weight is 356 g/mol. The standard InChI is InChI=1S/C19H28N6O/c1-20-19(26)16-12-22-25-17(5-8-21-18(16)25)14-4-3-9-24(13-14)15-6-10-23(2)11-7-15/h5,8,12,14-15H,3-4,6-7,9-11,13H2,1-2H3,(H,20,26). The van der Waals surface area contributed by atoms with E-state index < -0.39 is 0 Å². The predicted octanol–water partition coefficient (Wildman–Crippen LogP) is 1.36. The lowest BCUT2D eigenvalue weighted by atomic mass is 9.91. The van der Waals surface area contributed by atoms with E-state index in [1.165, 1.54) is 44.6 Å². The van der Waals surface area contributed by atoms with Gasteiger partial charge < -0.3 is 10.2 Å². The quantitative estimate of drug-likeness (QED) is 0.900. The molecule has 1 N–H and O–H groups in total. The third-order valence-electron chi connectivity index (χ3n) is 5.98. The van der Waals surface area contributed by atoms with Crippen LogP contribution in [0.25, 0.3) is 5.65 Å². The number of piperidine rings is 2. The monoisotopic (exact) mass is 356 g/mol. The molecular formula is C19H28N6O. The van der Waals surface area contributed by atoms with E-state index in [9.17, 15) is 4.79 Å². The Kier molecular flexibility index (Phi) is 4.91. The van der Waals surface area contributed by atoms with Gasteiger partial charge in [0.05, 0.1) is 11.9 Å². The lowest BCUT2D eigenvalue weighted by Gasteiger charge is -2.41. The van der Waals surface area contributed by atoms with E-state index in [0.717, 1.165) is 13.0 Å². The number of amides is 1. The van der Waals surface area contributed by atoms with Crippen molar-refractivity contribution in [3.05, 3.63) is 29.7 Å². The third kappa shape index (κ3) is 3.21. The molecule has 0 radical (unpaired) electrons. The van der Waals surface area contributed by atoms with Crippen LogP contribution < -0.4 is 5.32 Å². The number of carbonyl (C=O) groups excluding carboxylic acids is 1. The number of hydrogen-bond acceptors (Lipinski definition) is 5. The topological polar surface area (TPSA) is 65.8 Å². The Bertz CT molecular complexity index is 779. The summed E-state index contributed by atoms with van der Waals surface area (Å²) >= 11 is 0. The first-order chi connectivity index (χ1) is 12.7. The smallest absolute Gasteiger partial charge is 0.256 e. The van der Waals surface area contributed by atoms with Gasteiger partial charge in [0.2, 0.25) is 0 Å². The summed E-state index contributed by atoms with van der Waals surface area (Å²) in [6.07, 6.45) is 8.34. The molecule has 1 unspecified atom stereocenters. The molecule has 26 heavy (non-hydrogen) atoms. The summed E-state index contributed by atoms with van der Waals surface area (Å²) in [6, 6.07) is 2.77. The van der Waals surface area contributed by atoms with E-state index >= 15 is 0 Å². The highest BCUT2D eigenvalue weighted by Crippen LogP contribution is 2.30. The molecule has 2 aromatic rings. The summed E-state index contributed by atoms with van der Waals surface area (Å²) in [5.41, 5.74) is 2.36. The first kappa shape index (κ1) is 17.4.